The maximum atomic E-state index is 12.2. The van der Waals surface area contributed by atoms with Gasteiger partial charge in [-0.2, -0.15) is 5.10 Å². The van der Waals surface area contributed by atoms with Crippen LogP contribution in [0, 0.1) is 0 Å². The summed E-state index contributed by atoms with van der Waals surface area (Å²) in [5, 5.41) is 18.2. The van der Waals surface area contributed by atoms with Crippen LogP contribution in [0.3, 0.4) is 0 Å². The summed E-state index contributed by atoms with van der Waals surface area (Å²) in [6.07, 6.45) is 1.23. The average molecular weight is 448 g/mol. The third kappa shape index (κ3) is 4.72. The van der Waals surface area contributed by atoms with Crippen molar-refractivity contribution in [2.75, 3.05) is 18.5 Å². The zero-order valence-corrected chi connectivity index (χ0v) is 18.1. The molecule has 0 bridgehead atoms. The standard InChI is InChI=1S/C24H24N4O5/c1-28-22(23(30)31)20(13-26-28)27-21(29)11-6-12-25-24(32)33-14-19-17-9-4-2-7-15(17)16-8-3-5-10-18(16)19/h2-5,7-10,13,19H,6,11-12,14H2,1H3,(H,25,32)(H,27,29)(H,30,31). The number of carbonyl (C=O) groups is 3. The van der Waals surface area contributed by atoms with Crippen molar-refractivity contribution in [3.8, 4) is 11.1 Å². The van der Waals surface area contributed by atoms with E-state index in [0.717, 1.165) is 22.3 Å². The Hall–Kier alpha value is -4.14. The van der Waals surface area contributed by atoms with Crippen molar-refractivity contribution in [3.63, 3.8) is 0 Å². The number of nitrogens with zero attached hydrogens (tertiary/aromatic N) is 2. The van der Waals surface area contributed by atoms with Gasteiger partial charge >= 0.3 is 12.1 Å². The first-order valence-electron chi connectivity index (χ1n) is 10.6. The number of benzene rings is 2. The largest absolute Gasteiger partial charge is 0.476 e. The van der Waals surface area contributed by atoms with E-state index in [2.05, 4.69) is 40.0 Å². The van der Waals surface area contributed by atoms with Gasteiger partial charge in [0.25, 0.3) is 0 Å². The molecular formula is C24H24N4O5. The Labute approximate surface area is 190 Å². The summed E-state index contributed by atoms with van der Waals surface area (Å²) >= 11 is 0. The van der Waals surface area contributed by atoms with Gasteiger partial charge in [0, 0.05) is 25.9 Å². The molecule has 9 nitrogen and oxygen atoms in total. The van der Waals surface area contributed by atoms with E-state index in [1.54, 1.807) is 0 Å². The summed E-state index contributed by atoms with van der Waals surface area (Å²) in [7, 11) is 1.48. The highest BCUT2D eigenvalue weighted by molar-refractivity contribution is 5.99. The second-order valence-electron chi connectivity index (χ2n) is 7.74. The number of carboxylic acids is 1. The van der Waals surface area contributed by atoms with Gasteiger partial charge in [0.2, 0.25) is 5.91 Å². The van der Waals surface area contributed by atoms with E-state index >= 15 is 0 Å². The number of hydrogen-bond donors (Lipinski definition) is 3. The number of amides is 2. The first-order chi connectivity index (χ1) is 16.0. The molecule has 9 heteroatoms. The molecule has 33 heavy (non-hydrogen) atoms. The lowest BCUT2D eigenvalue weighted by Crippen LogP contribution is -2.27. The van der Waals surface area contributed by atoms with Crippen LogP contribution < -0.4 is 10.6 Å². The first kappa shape index (κ1) is 22.1. The molecule has 0 radical (unpaired) electrons. The quantitative estimate of drug-likeness (QED) is 0.454. The minimum absolute atomic E-state index is 0.0168. The Bertz CT molecular complexity index is 1160. The van der Waals surface area contributed by atoms with Crippen LogP contribution in [0.15, 0.2) is 54.7 Å². The summed E-state index contributed by atoms with van der Waals surface area (Å²) in [5.41, 5.74) is 4.64. The van der Waals surface area contributed by atoms with Crippen molar-refractivity contribution in [3.05, 3.63) is 71.5 Å². The third-order valence-electron chi connectivity index (χ3n) is 5.61. The van der Waals surface area contributed by atoms with Crippen LogP contribution in [0.5, 0.6) is 0 Å². The Morgan fingerprint density at radius 2 is 1.70 bits per heavy atom. The molecule has 1 aliphatic rings. The average Bonchev–Trinajstić information content (AvgIpc) is 3.33. The molecule has 1 aliphatic carbocycles. The highest BCUT2D eigenvalue weighted by Crippen LogP contribution is 2.44. The number of rotatable bonds is 8. The molecule has 3 aromatic rings. The van der Waals surface area contributed by atoms with Crippen LogP contribution in [-0.2, 0) is 16.6 Å². The van der Waals surface area contributed by atoms with Crippen molar-refractivity contribution < 1.29 is 24.2 Å². The van der Waals surface area contributed by atoms with E-state index in [4.69, 9.17) is 4.74 Å². The number of aromatic nitrogens is 2. The molecule has 2 amide bonds. The normalized spacial score (nSPS) is 12.0. The zero-order chi connectivity index (χ0) is 23.4. The highest BCUT2D eigenvalue weighted by atomic mass is 16.5. The molecule has 0 saturated carbocycles. The number of aryl methyl sites for hydroxylation is 1. The number of carbonyl (C=O) groups excluding carboxylic acids is 2. The van der Waals surface area contributed by atoms with Gasteiger partial charge in [0.05, 0.1) is 11.9 Å². The van der Waals surface area contributed by atoms with E-state index in [1.165, 1.54) is 17.9 Å². The molecule has 1 heterocycles. The fourth-order valence-corrected chi connectivity index (χ4v) is 4.08. The monoisotopic (exact) mass is 448 g/mol. The first-order valence-corrected chi connectivity index (χ1v) is 10.6. The number of anilines is 1. The molecule has 0 atom stereocenters. The Kier molecular flexibility index (Phi) is 6.39. The van der Waals surface area contributed by atoms with Gasteiger partial charge in [-0.3, -0.25) is 9.48 Å². The van der Waals surface area contributed by atoms with Gasteiger partial charge < -0.3 is 20.5 Å². The second kappa shape index (κ2) is 9.56. The Balaban J connectivity index is 1.22. The Morgan fingerprint density at radius 3 is 2.33 bits per heavy atom. The van der Waals surface area contributed by atoms with Gasteiger partial charge in [0.1, 0.15) is 6.61 Å². The molecule has 0 unspecified atom stereocenters. The SMILES string of the molecule is Cn1ncc(NC(=O)CCCNC(=O)OCC2c3ccccc3-c3ccccc32)c1C(=O)O. The highest BCUT2D eigenvalue weighted by Gasteiger charge is 2.29. The number of carboxylic acid groups (broad SMARTS) is 1. The summed E-state index contributed by atoms with van der Waals surface area (Å²) in [6, 6.07) is 16.2. The van der Waals surface area contributed by atoms with Gasteiger partial charge in [-0.1, -0.05) is 48.5 Å². The second-order valence-corrected chi connectivity index (χ2v) is 7.74. The summed E-state index contributed by atoms with van der Waals surface area (Å²) in [5.74, 6) is -1.56. The molecule has 4 rings (SSSR count). The van der Waals surface area contributed by atoms with Crippen LogP contribution in [0.1, 0.15) is 40.4 Å². The number of alkyl carbamates (subject to hydrolysis) is 1. The maximum Gasteiger partial charge on any atom is 0.407 e. The van der Waals surface area contributed by atoms with Crippen LogP contribution in [0.2, 0.25) is 0 Å². The minimum Gasteiger partial charge on any atom is -0.476 e. The molecule has 0 saturated heterocycles. The predicted octanol–water partition coefficient (Wildman–Crippen LogP) is 3.38. The lowest BCUT2D eigenvalue weighted by atomic mass is 9.98. The zero-order valence-electron chi connectivity index (χ0n) is 18.1. The number of fused-ring (bicyclic) bond motifs is 3. The lowest BCUT2D eigenvalue weighted by Gasteiger charge is -2.14. The third-order valence-corrected chi connectivity index (χ3v) is 5.61. The van der Waals surface area contributed by atoms with E-state index < -0.39 is 12.1 Å². The van der Waals surface area contributed by atoms with Gasteiger partial charge in [-0.05, 0) is 28.7 Å². The van der Waals surface area contributed by atoms with Crippen LogP contribution >= 0.6 is 0 Å². The topological polar surface area (TPSA) is 123 Å². The molecule has 3 N–H and O–H groups in total. The summed E-state index contributed by atoms with van der Waals surface area (Å²) in [4.78, 5) is 35.5. The number of aromatic carboxylic acids is 1. The van der Waals surface area contributed by atoms with Gasteiger partial charge in [-0.15, -0.1) is 0 Å². The molecule has 170 valence electrons. The minimum atomic E-state index is -1.18. The molecule has 1 aromatic heterocycles. The van der Waals surface area contributed by atoms with E-state index in [9.17, 15) is 19.5 Å². The maximum absolute atomic E-state index is 12.2. The van der Waals surface area contributed by atoms with Crippen molar-refractivity contribution in [2.24, 2.45) is 7.05 Å². The summed E-state index contributed by atoms with van der Waals surface area (Å²) in [6.45, 7) is 0.474. The van der Waals surface area contributed by atoms with E-state index in [0.29, 0.717) is 6.42 Å². The summed E-state index contributed by atoms with van der Waals surface area (Å²) < 4.78 is 6.64. The van der Waals surface area contributed by atoms with Crippen LogP contribution in [0.4, 0.5) is 10.5 Å². The fraction of sp³-hybridized carbons (Fsp3) is 0.250. The number of nitrogens with one attached hydrogen (secondary N) is 2. The van der Waals surface area contributed by atoms with E-state index in [-0.39, 0.29) is 42.8 Å². The lowest BCUT2D eigenvalue weighted by molar-refractivity contribution is -0.116. The van der Waals surface area contributed by atoms with E-state index in [1.807, 2.05) is 24.3 Å². The molecule has 0 spiro atoms. The number of hydrogen-bond acceptors (Lipinski definition) is 5. The predicted molar refractivity (Wildman–Crippen MR) is 121 cm³/mol. The van der Waals surface area contributed by atoms with Gasteiger partial charge in [-0.25, -0.2) is 9.59 Å². The molecular weight excluding hydrogens is 424 g/mol. The van der Waals surface area contributed by atoms with Crippen molar-refractivity contribution in [1.29, 1.82) is 0 Å². The molecule has 0 aliphatic heterocycles. The van der Waals surface area contributed by atoms with Crippen LogP contribution in [0.25, 0.3) is 11.1 Å². The molecule has 2 aromatic carbocycles. The fourth-order valence-electron chi connectivity index (χ4n) is 4.08. The Morgan fingerprint density at radius 1 is 1.06 bits per heavy atom. The number of ether oxygens (including phenoxy) is 1. The van der Waals surface area contributed by atoms with Crippen molar-refractivity contribution in [2.45, 2.75) is 18.8 Å². The van der Waals surface area contributed by atoms with Crippen LogP contribution in [-0.4, -0.2) is 46.0 Å². The van der Waals surface area contributed by atoms with Gasteiger partial charge in [0.15, 0.2) is 5.69 Å². The van der Waals surface area contributed by atoms with Crippen molar-refractivity contribution >= 4 is 23.7 Å². The smallest absolute Gasteiger partial charge is 0.407 e. The van der Waals surface area contributed by atoms with Crippen molar-refractivity contribution in [1.82, 2.24) is 15.1 Å². The molecule has 0 fully saturated rings.